The predicted octanol–water partition coefficient (Wildman–Crippen LogP) is 3.03. The van der Waals surface area contributed by atoms with Crippen molar-refractivity contribution < 1.29 is 18.7 Å². The molecule has 0 fully saturated rings. The lowest BCUT2D eigenvalue weighted by Gasteiger charge is -2.22. The monoisotopic (exact) mass is 330 g/mol. The van der Waals surface area contributed by atoms with E-state index in [1.54, 1.807) is 11.9 Å². The summed E-state index contributed by atoms with van der Waals surface area (Å²) in [5, 5.41) is 2.80. The van der Waals surface area contributed by atoms with Crippen LogP contribution in [0.1, 0.15) is 16.7 Å². The van der Waals surface area contributed by atoms with Crippen LogP contribution >= 0.6 is 0 Å². The van der Waals surface area contributed by atoms with Crippen LogP contribution in [-0.4, -0.2) is 24.8 Å². The third-order valence-electron chi connectivity index (χ3n) is 3.79. The molecule has 24 heavy (non-hydrogen) atoms. The Labute approximate surface area is 140 Å². The Balaban J connectivity index is 1.63. The first-order valence-corrected chi connectivity index (χ1v) is 7.68. The highest BCUT2D eigenvalue weighted by atomic mass is 19.1. The summed E-state index contributed by atoms with van der Waals surface area (Å²) in [7, 11) is 1.72. The Morgan fingerprint density at radius 3 is 2.88 bits per heavy atom. The van der Waals surface area contributed by atoms with Crippen LogP contribution in [0.3, 0.4) is 0 Å². The van der Waals surface area contributed by atoms with Gasteiger partial charge in [0.2, 0.25) is 0 Å². The van der Waals surface area contributed by atoms with E-state index in [9.17, 15) is 9.18 Å². The molecule has 0 aliphatic carbocycles. The fourth-order valence-corrected chi connectivity index (χ4v) is 2.62. The van der Waals surface area contributed by atoms with Gasteiger partial charge in [0.1, 0.15) is 11.6 Å². The zero-order chi connectivity index (χ0) is 16.9. The molecule has 2 aromatic carbocycles. The number of benzene rings is 2. The molecule has 1 aliphatic heterocycles. The molecule has 0 saturated heterocycles. The Hall–Kier alpha value is -2.60. The fraction of sp³-hybridized carbons (Fsp3) is 0.278. The zero-order valence-electron chi connectivity index (χ0n) is 13.4. The largest absolute Gasteiger partial charge is 0.467 e. The maximum atomic E-state index is 13.7. The second-order valence-electron chi connectivity index (χ2n) is 5.66. The van der Waals surface area contributed by atoms with E-state index in [2.05, 4.69) is 5.32 Å². The van der Waals surface area contributed by atoms with E-state index in [0.29, 0.717) is 30.0 Å². The van der Waals surface area contributed by atoms with Crippen LogP contribution in [0.5, 0.6) is 5.75 Å². The maximum Gasteiger partial charge on any atom is 0.317 e. The molecule has 0 spiro atoms. The highest BCUT2D eigenvalue weighted by molar-refractivity contribution is 5.74. The van der Waals surface area contributed by atoms with Gasteiger partial charge in [-0.3, -0.25) is 0 Å². The van der Waals surface area contributed by atoms with Crippen LogP contribution in [0.15, 0.2) is 42.5 Å². The third-order valence-corrected chi connectivity index (χ3v) is 3.79. The van der Waals surface area contributed by atoms with Gasteiger partial charge in [-0.15, -0.1) is 0 Å². The molecule has 3 rings (SSSR count). The third kappa shape index (κ3) is 3.83. The van der Waals surface area contributed by atoms with Gasteiger partial charge in [0.05, 0.1) is 6.61 Å². The number of carbonyl (C=O) groups is 1. The van der Waals surface area contributed by atoms with Gasteiger partial charge in [-0.05, 0) is 17.7 Å². The molecule has 0 atom stereocenters. The van der Waals surface area contributed by atoms with Crippen LogP contribution in [-0.2, 0) is 24.4 Å². The van der Waals surface area contributed by atoms with Crippen molar-refractivity contribution in [2.45, 2.75) is 19.7 Å². The summed E-state index contributed by atoms with van der Waals surface area (Å²) in [6.07, 6.45) is 0. The number of urea groups is 1. The topological polar surface area (TPSA) is 50.8 Å². The number of halogens is 1. The molecule has 0 unspecified atom stereocenters. The Morgan fingerprint density at radius 1 is 1.29 bits per heavy atom. The van der Waals surface area contributed by atoms with E-state index in [-0.39, 0.29) is 25.2 Å². The summed E-state index contributed by atoms with van der Waals surface area (Å²) in [6, 6.07) is 12.2. The Morgan fingerprint density at radius 2 is 2.08 bits per heavy atom. The molecule has 2 aromatic rings. The summed E-state index contributed by atoms with van der Waals surface area (Å²) in [5.41, 5.74) is 2.30. The van der Waals surface area contributed by atoms with Gasteiger partial charge in [0.25, 0.3) is 0 Å². The van der Waals surface area contributed by atoms with E-state index >= 15 is 0 Å². The van der Waals surface area contributed by atoms with Crippen molar-refractivity contribution in [1.82, 2.24) is 10.2 Å². The highest BCUT2D eigenvalue weighted by Gasteiger charge is 2.18. The number of amides is 2. The molecular formula is C18H19FN2O3. The molecular weight excluding hydrogens is 311 g/mol. The minimum Gasteiger partial charge on any atom is -0.467 e. The van der Waals surface area contributed by atoms with E-state index in [1.165, 1.54) is 12.1 Å². The van der Waals surface area contributed by atoms with Crippen molar-refractivity contribution in [3.05, 3.63) is 65.0 Å². The molecule has 0 aromatic heterocycles. The minimum atomic E-state index is -0.371. The summed E-state index contributed by atoms with van der Waals surface area (Å²) in [5.74, 6) is 0.221. The number of carbonyl (C=O) groups excluding carboxylic acids is 1. The van der Waals surface area contributed by atoms with Crippen LogP contribution in [0.2, 0.25) is 0 Å². The van der Waals surface area contributed by atoms with Gasteiger partial charge in [-0.2, -0.15) is 0 Å². The van der Waals surface area contributed by atoms with Gasteiger partial charge in [-0.1, -0.05) is 30.3 Å². The number of nitrogens with one attached hydrogen (secondary N) is 1. The highest BCUT2D eigenvalue weighted by Crippen LogP contribution is 2.29. The first-order valence-electron chi connectivity index (χ1n) is 7.68. The summed E-state index contributed by atoms with van der Waals surface area (Å²) in [4.78, 5) is 13.8. The van der Waals surface area contributed by atoms with Crippen LogP contribution in [0.4, 0.5) is 9.18 Å². The summed E-state index contributed by atoms with van der Waals surface area (Å²) >= 11 is 0. The lowest BCUT2D eigenvalue weighted by atomic mass is 10.1. The standard InChI is InChI=1S/C18H19FN2O3/c1-21(10-13-5-3-2-4-6-13)18(22)20-9-14-7-16(19)8-15-11-23-12-24-17(14)15/h2-8H,9-12H2,1H3,(H,20,22). The van der Waals surface area contributed by atoms with Gasteiger partial charge in [0, 0.05) is 31.3 Å². The van der Waals surface area contributed by atoms with Crippen molar-refractivity contribution >= 4 is 6.03 Å². The number of rotatable bonds is 4. The molecule has 126 valence electrons. The molecule has 0 radical (unpaired) electrons. The predicted molar refractivity (Wildman–Crippen MR) is 86.8 cm³/mol. The Kier molecular flexibility index (Phi) is 4.96. The van der Waals surface area contributed by atoms with Gasteiger partial charge in [-0.25, -0.2) is 9.18 Å². The maximum absolute atomic E-state index is 13.7. The van der Waals surface area contributed by atoms with Crippen molar-refractivity contribution in [2.24, 2.45) is 0 Å². The smallest absolute Gasteiger partial charge is 0.317 e. The molecule has 0 saturated carbocycles. The second-order valence-corrected chi connectivity index (χ2v) is 5.66. The van der Waals surface area contributed by atoms with E-state index in [4.69, 9.17) is 9.47 Å². The molecule has 1 heterocycles. The van der Waals surface area contributed by atoms with Crippen molar-refractivity contribution in [3.8, 4) is 5.75 Å². The minimum absolute atomic E-state index is 0.132. The van der Waals surface area contributed by atoms with Gasteiger partial charge >= 0.3 is 6.03 Å². The summed E-state index contributed by atoms with van der Waals surface area (Å²) < 4.78 is 24.3. The van der Waals surface area contributed by atoms with Gasteiger partial charge < -0.3 is 19.7 Å². The number of hydrogen-bond donors (Lipinski definition) is 1. The zero-order valence-corrected chi connectivity index (χ0v) is 13.4. The Bertz CT molecular complexity index is 722. The van der Waals surface area contributed by atoms with E-state index < -0.39 is 0 Å². The lowest BCUT2D eigenvalue weighted by molar-refractivity contribution is -0.0173. The average Bonchev–Trinajstić information content (AvgIpc) is 2.60. The molecule has 1 aliphatic rings. The molecule has 1 N–H and O–H groups in total. The fourth-order valence-electron chi connectivity index (χ4n) is 2.62. The van der Waals surface area contributed by atoms with Crippen LogP contribution in [0.25, 0.3) is 0 Å². The lowest BCUT2D eigenvalue weighted by Crippen LogP contribution is -2.36. The van der Waals surface area contributed by atoms with E-state index in [1.807, 2.05) is 30.3 Å². The van der Waals surface area contributed by atoms with E-state index in [0.717, 1.165) is 5.56 Å². The first-order chi connectivity index (χ1) is 11.6. The van der Waals surface area contributed by atoms with Crippen LogP contribution in [0, 0.1) is 5.82 Å². The summed E-state index contributed by atoms with van der Waals surface area (Å²) in [6.45, 7) is 1.13. The second kappa shape index (κ2) is 7.31. The van der Waals surface area contributed by atoms with Crippen molar-refractivity contribution in [2.75, 3.05) is 13.8 Å². The normalized spacial score (nSPS) is 12.9. The van der Waals surface area contributed by atoms with Gasteiger partial charge in [0.15, 0.2) is 6.79 Å². The average molecular weight is 330 g/mol. The first kappa shape index (κ1) is 16.3. The van der Waals surface area contributed by atoms with Crippen molar-refractivity contribution in [1.29, 1.82) is 0 Å². The number of nitrogens with zero attached hydrogens (tertiary/aromatic N) is 1. The number of fused-ring (bicyclic) bond motifs is 1. The quantitative estimate of drug-likeness (QED) is 0.937. The molecule has 5 nitrogen and oxygen atoms in total. The SMILES string of the molecule is CN(Cc1ccccc1)C(=O)NCc1cc(F)cc2c1OCOC2. The van der Waals surface area contributed by atoms with Crippen molar-refractivity contribution in [3.63, 3.8) is 0 Å². The molecule has 2 amide bonds. The molecule has 0 bridgehead atoms. The number of hydrogen-bond acceptors (Lipinski definition) is 3. The molecule has 6 heteroatoms. The van der Waals surface area contributed by atoms with Crippen LogP contribution < -0.4 is 10.1 Å². The number of ether oxygens (including phenoxy) is 2.